The molecule has 3 aromatic rings. The molecule has 11 heteroatoms. The van der Waals surface area contributed by atoms with Gasteiger partial charge in [0, 0.05) is 16.7 Å². The van der Waals surface area contributed by atoms with Crippen LogP contribution in [0.15, 0.2) is 65.5 Å². The first-order valence-corrected chi connectivity index (χ1v) is 13.0. The van der Waals surface area contributed by atoms with E-state index >= 15 is 0 Å². The average molecular weight is 565 g/mol. The summed E-state index contributed by atoms with van der Waals surface area (Å²) in [6, 6.07) is 11.8. The molecule has 3 N–H and O–H groups in total. The lowest BCUT2D eigenvalue weighted by molar-refractivity contribution is -0.135. The number of anilines is 2. The van der Waals surface area contributed by atoms with Crippen LogP contribution in [0, 0.1) is 5.41 Å². The molecule has 3 rings (SSSR count). The van der Waals surface area contributed by atoms with Gasteiger partial charge in [-0.2, -0.15) is 0 Å². The van der Waals surface area contributed by atoms with Crippen LogP contribution in [0.2, 0.25) is 0 Å². The van der Waals surface area contributed by atoms with Crippen LogP contribution in [0.4, 0.5) is 11.4 Å². The Labute approximate surface area is 238 Å². The van der Waals surface area contributed by atoms with Crippen LogP contribution >= 0.6 is 0 Å². The van der Waals surface area contributed by atoms with Gasteiger partial charge < -0.3 is 25.2 Å². The average Bonchev–Trinajstić information content (AvgIpc) is 3.13. The highest BCUT2D eigenvalue weighted by molar-refractivity contribution is 6.11. The monoisotopic (exact) mass is 564 g/mol. The number of aromatic hydroxyl groups is 1. The number of nitrogens with zero attached hydrogens (tertiary/aromatic N) is 2. The molecule has 1 heterocycles. The minimum Gasteiger partial charge on any atom is -0.495 e. The molecule has 1 atom stereocenters. The second-order valence-electron chi connectivity index (χ2n) is 10.4. The molecule has 0 bridgehead atoms. The Kier molecular flexibility index (Phi) is 9.43. The highest BCUT2D eigenvalue weighted by atomic mass is 16.5. The van der Waals surface area contributed by atoms with Gasteiger partial charge in [-0.05, 0) is 37.6 Å². The van der Waals surface area contributed by atoms with E-state index in [9.17, 15) is 24.3 Å². The van der Waals surface area contributed by atoms with Crippen molar-refractivity contribution in [2.24, 2.45) is 5.41 Å². The van der Waals surface area contributed by atoms with Crippen molar-refractivity contribution in [1.82, 2.24) is 9.13 Å². The van der Waals surface area contributed by atoms with Gasteiger partial charge in [-0.3, -0.25) is 19.0 Å². The van der Waals surface area contributed by atoms with Crippen LogP contribution in [0.5, 0.6) is 17.5 Å². The van der Waals surface area contributed by atoms with Crippen molar-refractivity contribution in [1.29, 1.82) is 0 Å². The number of ether oxygens (including phenoxy) is 2. The molecule has 0 fully saturated rings. The molecule has 41 heavy (non-hydrogen) atoms. The van der Waals surface area contributed by atoms with Crippen LogP contribution in [0.3, 0.4) is 0 Å². The van der Waals surface area contributed by atoms with Gasteiger partial charge in [-0.15, -0.1) is 0 Å². The van der Waals surface area contributed by atoms with E-state index in [1.807, 2.05) is 6.07 Å². The molecule has 1 aromatic heterocycles. The molecule has 2 amide bonds. The number of nitrogens with one attached hydrogen (secondary N) is 2. The van der Waals surface area contributed by atoms with Gasteiger partial charge in [0.05, 0.1) is 25.9 Å². The predicted octanol–water partition coefficient (Wildman–Crippen LogP) is 4.12. The molecule has 0 saturated heterocycles. The van der Waals surface area contributed by atoms with E-state index in [2.05, 4.69) is 17.2 Å². The van der Waals surface area contributed by atoms with E-state index in [0.29, 0.717) is 5.69 Å². The fourth-order valence-electron chi connectivity index (χ4n) is 4.03. The molecule has 0 aliphatic carbocycles. The van der Waals surface area contributed by atoms with E-state index in [-0.39, 0.29) is 36.0 Å². The summed E-state index contributed by atoms with van der Waals surface area (Å²) in [5.74, 6) is -2.53. The Morgan fingerprint density at radius 2 is 1.73 bits per heavy atom. The number of hydrogen-bond donors (Lipinski definition) is 3. The fraction of sp³-hybridized carbons (Fsp3) is 0.333. The number of amides is 2. The maximum absolute atomic E-state index is 13.8. The first-order valence-electron chi connectivity index (χ1n) is 13.0. The first kappa shape index (κ1) is 30.7. The van der Waals surface area contributed by atoms with E-state index in [0.717, 1.165) is 10.1 Å². The van der Waals surface area contributed by atoms with E-state index in [4.69, 9.17) is 9.47 Å². The van der Waals surface area contributed by atoms with Gasteiger partial charge in [0.15, 0.2) is 11.8 Å². The third kappa shape index (κ3) is 6.86. The minimum absolute atomic E-state index is 0.0336. The number of Topliss-reactive ketones (excluding diaryl/α,β-unsaturated/α-hetero) is 1. The predicted molar refractivity (Wildman–Crippen MR) is 156 cm³/mol. The third-order valence-corrected chi connectivity index (χ3v) is 6.16. The van der Waals surface area contributed by atoms with Crippen LogP contribution in [-0.2, 0) is 20.9 Å². The van der Waals surface area contributed by atoms with Crippen LogP contribution in [0.1, 0.15) is 46.2 Å². The molecule has 0 saturated carbocycles. The topological polar surface area (TPSA) is 141 Å². The van der Waals surface area contributed by atoms with Gasteiger partial charge in [-0.25, -0.2) is 9.36 Å². The standard InChI is InChI=1S/C30H36N4O7/c1-8-41-28-27(38)34(29(39)33(28)17-19-12-10-9-11-13-19)23(24(35)30(4,5)6)26(37)32-21-16-20(14-15-22(21)40-7)31-25(36)18(2)3/h9-16,23,38H,2,8,17H2,1,3-7H3,(H,31,36)(H,32,37). The summed E-state index contributed by atoms with van der Waals surface area (Å²) >= 11 is 0. The number of rotatable bonds is 11. The zero-order valence-electron chi connectivity index (χ0n) is 24.1. The Hall–Kier alpha value is -4.80. The minimum atomic E-state index is -1.77. The molecule has 218 valence electrons. The molecule has 0 spiro atoms. The summed E-state index contributed by atoms with van der Waals surface area (Å²) in [6.45, 7) is 11.8. The van der Waals surface area contributed by atoms with Crippen molar-refractivity contribution in [2.45, 2.75) is 47.2 Å². The Balaban J connectivity index is 2.14. The molecule has 2 aromatic carbocycles. The SMILES string of the molecule is C=C(C)C(=O)Nc1ccc(OC)c(NC(=O)C(C(=O)C(C)(C)C)n2c(O)c(OCC)n(Cc3ccccc3)c2=O)c1. The van der Waals surface area contributed by atoms with Crippen molar-refractivity contribution in [3.05, 3.63) is 76.7 Å². The maximum Gasteiger partial charge on any atom is 0.335 e. The lowest BCUT2D eigenvalue weighted by Crippen LogP contribution is -2.43. The number of carbonyl (C=O) groups excluding carboxylic acids is 3. The number of benzene rings is 2. The normalized spacial score (nSPS) is 11.9. The zero-order chi connectivity index (χ0) is 30.5. The fourth-order valence-corrected chi connectivity index (χ4v) is 4.03. The highest BCUT2D eigenvalue weighted by Gasteiger charge is 2.41. The summed E-state index contributed by atoms with van der Waals surface area (Å²) in [5.41, 5.74) is -0.397. The number of imidazole rings is 1. The van der Waals surface area contributed by atoms with E-state index < -0.39 is 40.6 Å². The highest BCUT2D eigenvalue weighted by Crippen LogP contribution is 2.34. The molecule has 11 nitrogen and oxygen atoms in total. The summed E-state index contributed by atoms with van der Waals surface area (Å²) in [5, 5.41) is 16.5. The van der Waals surface area contributed by atoms with Gasteiger partial charge in [0.25, 0.3) is 23.6 Å². The zero-order valence-corrected chi connectivity index (χ0v) is 24.1. The summed E-state index contributed by atoms with van der Waals surface area (Å²) in [4.78, 5) is 53.4. The molecule has 0 radical (unpaired) electrons. The van der Waals surface area contributed by atoms with Crippen molar-refractivity contribution in [2.75, 3.05) is 24.4 Å². The number of methoxy groups -OCH3 is 1. The third-order valence-electron chi connectivity index (χ3n) is 6.16. The maximum atomic E-state index is 13.8. The number of aromatic nitrogens is 2. The van der Waals surface area contributed by atoms with Gasteiger partial charge in [0.2, 0.25) is 0 Å². The van der Waals surface area contributed by atoms with E-state index in [1.165, 1.54) is 23.8 Å². The van der Waals surface area contributed by atoms with E-state index in [1.54, 1.807) is 65.0 Å². The summed E-state index contributed by atoms with van der Waals surface area (Å²) < 4.78 is 12.9. The Morgan fingerprint density at radius 1 is 1.07 bits per heavy atom. The van der Waals surface area contributed by atoms with Crippen molar-refractivity contribution >= 4 is 29.0 Å². The first-order chi connectivity index (χ1) is 19.3. The van der Waals surface area contributed by atoms with Gasteiger partial charge >= 0.3 is 5.69 Å². The van der Waals surface area contributed by atoms with Crippen molar-refractivity contribution in [3.8, 4) is 17.5 Å². The Bertz CT molecular complexity index is 1510. The largest absolute Gasteiger partial charge is 0.495 e. The second kappa shape index (κ2) is 12.6. The van der Waals surface area contributed by atoms with Crippen LogP contribution < -0.4 is 25.8 Å². The second-order valence-corrected chi connectivity index (χ2v) is 10.4. The van der Waals surface area contributed by atoms with Gasteiger partial charge in [0.1, 0.15) is 5.75 Å². The van der Waals surface area contributed by atoms with Gasteiger partial charge in [-0.1, -0.05) is 57.7 Å². The summed E-state index contributed by atoms with van der Waals surface area (Å²) in [7, 11) is 1.39. The molecular formula is C30H36N4O7. The molecule has 0 aliphatic heterocycles. The lowest BCUT2D eigenvalue weighted by Gasteiger charge is -2.25. The van der Waals surface area contributed by atoms with Crippen molar-refractivity contribution < 1.29 is 29.0 Å². The smallest absolute Gasteiger partial charge is 0.335 e. The quantitative estimate of drug-likeness (QED) is 0.235. The Morgan fingerprint density at radius 3 is 2.29 bits per heavy atom. The van der Waals surface area contributed by atoms with Crippen LogP contribution in [-0.4, -0.2) is 45.6 Å². The van der Waals surface area contributed by atoms with Crippen LogP contribution in [0.25, 0.3) is 0 Å². The number of hydrogen-bond acceptors (Lipinski definition) is 7. The molecule has 1 unspecified atom stereocenters. The number of carbonyl (C=O) groups is 3. The summed E-state index contributed by atoms with van der Waals surface area (Å²) in [6.07, 6.45) is 0. The number of ketones is 1. The molecule has 0 aliphatic rings. The van der Waals surface area contributed by atoms with Crippen molar-refractivity contribution in [3.63, 3.8) is 0 Å². The molecular weight excluding hydrogens is 528 g/mol. The lowest BCUT2D eigenvalue weighted by atomic mass is 9.86.